The highest BCUT2D eigenvalue weighted by Gasteiger charge is 1.70. The average Bonchev–Trinajstić information content (AvgIpc) is 1.41. The fraction of sp³-hybridized carbons (Fsp3) is 0. The first-order chi connectivity index (χ1) is 2.73. The number of halogens is 3. The van der Waals surface area contributed by atoms with Crippen LogP contribution in [0.15, 0.2) is 13.2 Å². The molecule has 0 bridgehead atoms. The summed E-state index contributed by atoms with van der Waals surface area (Å²) in [7, 11) is 0. The van der Waals surface area contributed by atoms with Crippen molar-refractivity contribution in [3.8, 4) is 0 Å². The predicted molar refractivity (Wildman–Crippen MR) is 43.7 cm³/mol. The summed E-state index contributed by atoms with van der Waals surface area (Å²) in [4.78, 5) is 8.56. The van der Waals surface area contributed by atoms with Gasteiger partial charge in [0, 0.05) is 0 Å². The summed E-state index contributed by atoms with van der Waals surface area (Å²) in [6, 6.07) is 0. The maximum Gasteiger partial charge on any atom is 0.503 e. The second kappa shape index (κ2) is 45.0. The largest absolute Gasteiger partial charge is 0.503 e. The van der Waals surface area contributed by atoms with Crippen molar-refractivity contribution < 1.29 is 15.0 Å². The van der Waals surface area contributed by atoms with Crippen LogP contribution in [-0.2, 0) is 0 Å². The standard InChI is InChI=1S/C2H4.CH2O3.3ClH/c1-2;2-1(3)4;;;/h1-2H2;(H2,2,3,4);3*1H. The van der Waals surface area contributed by atoms with E-state index >= 15 is 0 Å². The monoisotopic (exact) mass is 198 g/mol. The summed E-state index contributed by atoms with van der Waals surface area (Å²) >= 11 is 0. The van der Waals surface area contributed by atoms with Crippen LogP contribution in [0.5, 0.6) is 0 Å². The van der Waals surface area contributed by atoms with Crippen molar-refractivity contribution in [3.63, 3.8) is 0 Å². The Labute approximate surface area is 72.0 Å². The number of hydrogen-bond donors (Lipinski definition) is 2. The Morgan fingerprint density at radius 3 is 1.00 bits per heavy atom. The molecule has 0 aliphatic carbocycles. The van der Waals surface area contributed by atoms with Crippen molar-refractivity contribution in [2.24, 2.45) is 0 Å². The van der Waals surface area contributed by atoms with E-state index in [0.717, 1.165) is 0 Å². The highest BCUT2D eigenvalue weighted by molar-refractivity contribution is 5.86. The Bertz CT molecular complexity index is 45.6. The molecule has 0 amide bonds. The molecular weight excluding hydrogens is 190 g/mol. The third kappa shape index (κ3) is 18900. The van der Waals surface area contributed by atoms with Gasteiger partial charge in [-0.05, 0) is 0 Å². The molecule has 0 aliphatic heterocycles. The number of carbonyl (C=O) groups is 1. The van der Waals surface area contributed by atoms with Crippen LogP contribution >= 0.6 is 37.2 Å². The van der Waals surface area contributed by atoms with E-state index < -0.39 is 6.16 Å². The minimum atomic E-state index is -1.83. The second-order valence-electron chi connectivity index (χ2n) is 0.283. The lowest BCUT2D eigenvalue weighted by Crippen LogP contribution is -1.81. The molecule has 0 heterocycles. The van der Waals surface area contributed by atoms with Crippen LogP contribution in [0.2, 0.25) is 0 Å². The Morgan fingerprint density at radius 1 is 1.00 bits per heavy atom. The first-order valence-corrected chi connectivity index (χ1v) is 1.15. The van der Waals surface area contributed by atoms with E-state index in [1.807, 2.05) is 0 Å². The molecule has 0 atom stereocenters. The average molecular weight is 199 g/mol. The van der Waals surface area contributed by atoms with Gasteiger partial charge in [0.05, 0.1) is 0 Å². The van der Waals surface area contributed by atoms with Crippen molar-refractivity contribution in [1.29, 1.82) is 0 Å². The van der Waals surface area contributed by atoms with Crippen LogP contribution in [0, 0.1) is 0 Å². The highest BCUT2D eigenvalue weighted by atomic mass is 35.5. The molecule has 6 heteroatoms. The van der Waals surface area contributed by atoms with Gasteiger partial charge < -0.3 is 10.2 Å². The highest BCUT2D eigenvalue weighted by Crippen LogP contribution is 1.42. The van der Waals surface area contributed by atoms with Crippen molar-refractivity contribution in [2.45, 2.75) is 0 Å². The molecule has 9 heavy (non-hydrogen) atoms. The maximum absolute atomic E-state index is 8.56. The first kappa shape index (κ1) is 36.6. The molecule has 0 spiro atoms. The van der Waals surface area contributed by atoms with Crippen molar-refractivity contribution in [2.75, 3.05) is 0 Å². The molecule has 0 aromatic carbocycles. The van der Waals surface area contributed by atoms with Gasteiger partial charge in [-0.15, -0.1) is 50.4 Å². The summed E-state index contributed by atoms with van der Waals surface area (Å²) in [6.07, 6.45) is -1.83. The molecule has 0 radical (unpaired) electrons. The summed E-state index contributed by atoms with van der Waals surface area (Å²) in [5.74, 6) is 0. The molecule has 0 unspecified atom stereocenters. The van der Waals surface area contributed by atoms with Gasteiger partial charge in [0.2, 0.25) is 0 Å². The van der Waals surface area contributed by atoms with Crippen LogP contribution in [0.3, 0.4) is 0 Å². The molecule has 0 rings (SSSR count). The second-order valence-corrected chi connectivity index (χ2v) is 0.283. The third-order valence-corrected chi connectivity index (χ3v) is 0. The molecular formula is C3H9Cl3O3. The molecule has 0 aromatic rings. The molecule has 3 nitrogen and oxygen atoms in total. The van der Waals surface area contributed by atoms with Crippen molar-refractivity contribution in [3.05, 3.63) is 13.2 Å². The normalized spacial score (nSPS) is 3.11. The lowest BCUT2D eigenvalue weighted by atomic mass is 11.3. The van der Waals surface area contributed by atoms with Gasteiger partial charge in [-0.3, -0.25) is 0 Å². The lowest BCUT2D eigenvalue weighted by molar-refractivity contribution is 0.137. The smallest absolute Gasteiger partial charge is 0.450 e. The van der Waals surface area contributed by atoms with E-state index in [1.54, 1.807) is 0 Å². The van der Waals surface area contributed by atoms with Crippen LogP contribution in [0.1, 0.15) is 0 Å². The topological polar surface area (TPSA) is 57.5 Å². The molecule has 0 saturated heterocycles. The molecule has 0 fully saturated rings. The van der Waals surface area contributed by atoms with E-state index in [4.69, 9.17) is 15.0 Å². The molecule has 2 N–H and O–H groups in total. The van der Waals surface area contributed by atoms with Crippen LogP contribution in [-0.4, -0.2) is 16.4 Å². The van der Waals surface area contributed by atoms with Gasteiger partial charge in [-0.25, -0.2) is 4.79 Å². The Kier molecular flexibility index (Phi) is 183. The first-order valence-electron chi connectivity index (χ1n) is 1.15. The number of rotatable bonds is 0. The van der Waals surface area contributed by atoms with Crippen LogP contribution in [0.4, 0.5) is 4.79 Å². The molecule has 0 aliphatic rings. The van der Waals surface area contributed by atoms with E-state index in [0.29, 0.717) is 0 Å². The predicted octanol–water partition coefficient (Wildman–Crippen LogP) is 2.29. The van der Waals surface area contributed by atoms with Gasteiger partial charge in [-0.1, -0.05) is 0 Å². The lowest BCUT2D eigenvalue weighted by Gasteiger charge is -1.60. The Hall–Kier alpha value is -0.120. The van der Waals surface area contributed by atoms with Gasteiger partial charge in [0.25, 0.3) is 0 Å². The summed E-state index contributed by atoms with van der Waals surface area (Å²) < 4.78 is 0. The molecule has 60 valence electrons. The minimum Gasteiger partial charge on any atom is -0.450 e. The fourth-order valence-electron chi connectivity index (χ4n) is 0. The molecule has 0 saturated carbocycles. The third-order valence-electron chi connectivity index (χ3n) is 0. The quantitative estimate of drug-likeness (QED) is 0.589. The Morgan fingerprint density at radius 2 is 1.00 bits per heavy atom. The zero-order valence-corrected chi connectivity index (χ0v) is 6.89. The maximum atomic E-state index is 8.56. The van der Waals surface area contributed by atoms with Gasteiger partial charge in [0.15, 0.2) is 0 Å². The number of hydrogen-bond acceptors (Lipinski definition) is 1. The SMILES string of the molecule is C=C.Cl.Cl.Cl.O=C(O)O. The van der Waals surface area contributed by atoms with Crippen molar-refractivity contribution in [1.82, 2.24) is 0 Å². The van der Waals surface area contributed by atoms with Gasteiger partial charge in [0.1, 0.15) is 0 Å². The van der Waals surface area contributed by atoms with Crippen molar-refractivity contribution >= 4 is 43.4 Å². The zero-order valence-electron chi connectivity index (χ0n) is 4.44. The van der Waals surface area contributed by atoms with Gasteiger partial charge in [-0.2, -0.15) is 0 Å². The van der Waals surface area contributed by atoms with E-state index in [2.05, 4.69) is 13.2 Å². The summed E-state index contributed by atoms with van der Waals surface area (Å²) in [5.41, 5.74) is 0. The van der Waals surface area contributed by atoms with E-state index in [-0.39, 0.29) is 37.2 Å². The summed E-state index contributed by atoms with van der Waals surface area (Å²) in [5, 5.41) is 13.9. The minimum absolute atomic E-state index is 0. The fourth-order valence-corrected chi connectivity index (χ4v) is 0. The molecule has 0 aromatic heterocycles. The number of carboxylic acid groups (broad SMARTS) is 2. The van der Waals surface area contributed by atoms with E-state index in [1.165, 1.54) is 0 Å². The van der Waals surface area contributed by atoms with E-state index in [9.17, 15) is 0 Å². The zero-order chi connectivity index (χ0) is 5.58. The Balaban J connectivity index is -0.00000000990. The van der Waals surface area contributed by atoms with Gasteiger partial charge >= 0.3 is 6.16 Å². The summed E-state index contributed by atoms with van der Waals surface area (Å²) in [6.45, 7) is 6.00. The van der Waals surface area contributed by atoms with Crippen LogP contribution in [0.25, 0.3) is 0 Å². The van der Waals surface area contributed by atoms with Crippen LogP contribution < -0.4 is 0 Å².